The van der Waals surface area contributed by atoms with Gasteiger partial charge in [-0.05, 0) is 18.1 Å². The van der Waals surface area contributed by atoms with Crippen molar-refractivity contribution in [2.24, 2.45) is 5.92 Å². The largest absolute Gasteiger partial charge is 0.493 e. The number of hydrogen-bond acceptors (Lipinski definition) is 4. The van der Waals surface area contributed by atoms with Crippen molar-refractivity contribution in [3.05, 3.63) is 30.0 Å². The smallest absolute Gasteiger partial charge is 0.176 e. The van der Waals surface area contributed by atoms with E-state index in [1.165, 1.54) is 0 Å². The Kier molecular flexibility index (Phi) is 4.23. The molecule has 0 bridgehead atoms. The predicted octanol–water partition coefficient (Wildman–Crippen LogP) is 3.12. The Balaban J connectivity index is 2.02. The van der Waals surface area contributed by atoms with E-state index in [9.17, 15) is 0 Å². The molecule has 18 heavy (non-hydrogen) atoms. The molecule has 0 aliphatic rings. The first-order valence-corrected chi connectivity index (χ1v) is 6.10. The van der Waals surface area contributed by atoms with Crippen LogP contribution in [0.3, 0.4) is 0 Å². The number of hydroxylamine groups is 1. The van der Waals surface area contributed by atoms with Gasteiger partial charge in [0.2, 0.25) is 0 Å². The van der Waals surface area contributed by atoms with Gasteiger partial charge in [0.25, 0.3) is 0 Å². The Bertz CT molecular complexity index is 505. The molecule has 1 aromatic carbocycles. The number of hydrogen-bond donors (Lipinski definition) is 1. The Labute approximate surface area is 107 Å². The van der Waals surface area contributed by atoms with Gasteiger partial charge >= 0.3 is 0 Å². The Morgan fingerprint density at radius 1 is 1.33 bits per heavy atom. The van der Waals surface area contributed by atoms with E-state index in [-0.39, 0.29) is 0 Å². The second-order valence-corrected chi connectivity index (χ2v) is 4.62. The molecule has 2 aromatic rings. The number of furan rings is 1. The van der Waals surface area contributed by atoms with Gasteiger partial charge in [0.1, 0.15) is 5.76 Å². The van der Waals surface area contributed by atoms with Crippen LogP contribution in [-0.2, 0) is 11.4 Å². The summed E-state index contributed by atoms with van der Waals surface area (Å²) in [7, 11) is 1.64. The molecule has 1 heterocycles. The van der Waals surface area contributed by atoms with Crippen molar-refractivity contribution in [3.8, 4) is 5.75 Å². The number of methoxy groups -OCH3 is 1. The van der Waals surface area contributed by atoms with Crippen molar-refractivity contribution >= 4 is 11.0 Å². The molecule has 1 aromatic heterocycles. The molecule has 0 fully saturated rings. The van der Waals surface area contributed by atoms with E-state index in [0.29, 0.717) is 19.1 Å². The van der Waals surface area contributed by atoms with Crippen LogP contribution in [0.15, 0.2) is 28.7 Å². The maximum absolute atomic E-state index is 5.73. The second kappa shape index (κ2) is 5.89. The van der Waals surface area contributed by atoms with Gasteiger partial charge < -0.3 is 14.0 Å². The molecule has 0 amide bonds. The summed E-state index contributed by atoms with van der Waals surface area (Å²) in [5, 5.41) is 1.04. The minimum atomic E-state index is 0.508. The van der Waals surface area contributed by atoms with Crippen molar-refractivity contribution in [2.75, 3.05) is 13.7 Å². The Hall–Kier alpha value is -1.52. The molecule has 0 atom stereocenters. The minimum Gasteiger partial charge on any atom is -0.493 e. The molecular formula is C14H19NO3. The molecule has 0 spiro atoms. The summed E-state index contributed by atoms with van der Waals surface area (Å²) in [5.41, 5.74) is 3.68. The molecule has 1 N–H and O–H groups in total. The highest BCUT2D eigenvalue weighted by atomic mass is 16.6. The van der Waals surface area contributed by atoms with Crippen LogP contribution in [0.1, 0.15) is 19.6 Å². The van der Waals surface area contributed by atoms with Gasteiger partial charge in [-0.25, -0.2) is 0 Å². The first kappa shape index (κ1) is 12.9. The van der Waals surface area contributed by atoms with Crippen LogP contribution in [0.25, 0.3) is 11.0 Å². The van der Waals surface area contributed by atoms with E-state index in [1.807, 2.05) is 24.3 Å². The van der Waals surface area contributed by atoms with E-state index in [4.69, 9.17) is 14.0 Å². The predicted molar refractivity (Wildman–Crippen MR) is 70.4 cm³/mol. The van der Waals surface area contributed by atoms with Gasteiger partial charge in [-0.15, -0.1) is 0 Å². The summed E-state index contributed by atoms with van der Waals surface area (Å²) in [6.07, 6.45) is 0. The maximum Gasteiger partial charge on any atom is 0.176 e. The van der Waals surface area contributed by atoms with Gasteiger partial charge in [-0.1, -0.05) is 26.0 Å². The lowest BCUT2D eigenvalue weighted by Crippen LogP contribution is -2.16. The summed E-state index contributed by atoms with van der Waals surface area (Å²) in [6.45, 7) is 5.44. The summed E-state index contributed by atoms with van der Waals surface area (Å²) >= 11 is 0. The number of ether oxygens (including phenoxy) is 1. The number of rotatable bonds is 6. The van der Waals surface area contributed by atoms with Crippen molar-refractivity contribution in [1.82, 2.24) is 5.48 Å². The van der Waals surface area contributed by atoms with Gasteiger partial charge in [0, 0.05) is 5.39 Å². The highest BCUT2D eigenvalue weighted by Crippen LogP contribution is 2.28. The number of benzene rings is 1. The lowest BCUT2D eigenvalue weighted by molar-refractivity contribution is 0.0167. The third-order valence-electron chi connectivity index (χ3n) is 2.54. The normalized spacial score (nSPS) is 11.3. The SMILES string of the molecule is COc1cccc2cc(CNOCC(C)C)oc12. The fourth-order valence-electron chi connectivity index (χ4n) is 1.69. The average molecular weight is 249 g/mol. The molecule has 98 valence electrons. The molecular weight excluding hydrogens is 230 g/mol. The van der Waals surface area contributed by atoms with Crippen molar-refractivity contribution in [1.29, 1.82) is 0 Å². The Morgan fingerprint density at radius 3 is 2.89 bits per heavy atom. The van der Waals surface area contributed by atoms with Crippen LogP contribution < -0.4 is 10.2 Å². The molecule has 4 nitrogen and oxygen atoms in total. The quantitative estimate of drug-likeness (QED) is 0.631. The molecule has 0 aliphatic carbocycles. The third kappa shape index (κ3) is 3.03. The molecule has 0 aliphatic heterocycles. The lowest BCUT2D eigenvalue weighted by atomic mass is 10.2. The highest BCUT2D eigenvalue weighted by molar-refractivity contribution is 5.83. The highest BCUT2D eigenvalue weighted by Gasteiger charge is 2.08. The topological polar surface area (TPSA) is 43.6 Å². The van der Waals surface area contributed by atoms with E-state index in [2.05, 4.69) is 19.3 Å². The lowest BCUT2D eigenvalue weighted by Gasteiger charge is -2.06. The Morgan fingerprint density at radius 2 is 2.17 bits per heavy atom. The van der Waals surface area contributed by atoms with Crippen LogP contribution in [0.2, 0.25) is 0 Å². The number of nitrogens with one attached hydrogen (secondary N) is 1. The second-order valence-electron chi connectivity index (χ2n) is 4.62. The van der Waals surface area contributed by atoms with E-state index in [0.717, 1.165) is 22.5 Å². The molecule has 2 rings (SSSR count). The van der Waals surface area contributed by atoms with Gasteiger partial charge in [-0.2, -0.15) is 5.48 Å². The van der Waals surface area contributed by atoms with E-state index >= 15 is 0 Å². The molecule has 0 saturated heterocycles. The van der Waals surface area contributed by atoms with Gasteiger partial charge in [-0.3, -0.25) is 0 Å². The monoisotopic (exact) mass is 249 g/mol. The first-order valence-electron chi connectivity index (χ1n) is 6.10. The van der Waals surface area contributed by atoms with E-state index < -0.39 is 0 Å². The van der Waals surface area contributed by atoms with Gasteiger partial charge in [0.15, 0.2) is 11.3 Å². The zero-order valence-corrected chi connectivity index (χ0v) is 11.0. The zero-order chi connectivity index (χ0) is 13.0. The first-order chi connectivity index (χ1) is 8.70. The summed E-state index contributed by atoms with van der Waals surface area (Å²) in [6, 6.07) is 7.82. The molecule has 0 saturated carbocycles. The summed E-state index contributed by atoms with van der Waals surface area (Å²) in [4.78, 5) is 5.31. The summed E-state index contributed by atoms with van der Waals surface area (Å²) in [5.74, 6) is 2.09. The molecule has 0 radical (unpaired) electrons. The van der Waals surface area contributed by atoms with Crippen molar-refractivity contribution < 1.29 is 14.0 Å². The molecule has 0 unspecified atom stereocenters. The fraction of sp³-hybridized carbons (Fsp3) is 0.429. The van der Waals surface area contributed by atoms with Crippen LogP contribution in [-0.4, -0.2) is 13.7 Å². The maximum atomic E-state index is 5.73. The zero-order valence-electron chi connectivity index (χ0n) is 11.0. The summed E-state index contributed by atoms with van der Waals surface area (Å²) < 4.78 is 11.0. The number of para-hydroxylation sites is 1. The standard InChI is InChI=1S/C14H19NO3/c1-10(2)9-17-15-8-12-7-11-5-4-6-13(16-3)14(11)18-12/h4-7,10,15H,8-9H2,1-3H3. The van der Waals surface area contributed by atoms with Crippen LogP contribution in [0, 0.1) is 5.92 Å². The minimum absolute atomic E-state index is 0.508. The van der Waals surface area contributed by atoms with Gasteiger partial charge in [0.05, 0.1) is 20.3 Å². The molecule has 4 heteroatoms. The van der Waals surface area contributed by atoms with Crippen molar-refractivity contribution in [3.63, 3.8) is 0 Å². The third-order valence-corrected chi connectivity index (χ3v) is 2.54. The number of fused-ring (bicyclic) bond motifs is 1. The van der Waals surface area contributed by atoms with Crippen molar-refractivity contribution in [2.45, 2.75) is 20.4 Å². The fourth-order valence-corrected chi connectivity index (χ4v) is 1.69. The van der Waals surface area contributed by atoms with E-state index in [1.54, 1.807) is 7.11 Å². The average Bonchev–Trinajstić information content (AvgIpc) is 2.76. The van der Waals surface area contributed by atoms with Crippen LogP contribution >= 0.6 is 0 Å². The van der Waals surface area contributed by atoms with Crippen LogP contribution in [0.4, 0.5) is 0 Å². The van der Waals surface area contributed by atoms with Crippen LogP contribution in [0.5, 0.6) is 5.75 Å².